The second kappa shape index (κ2) is 4.42. The van der Waals surface area contributed by atoms with Crippen molar-refractivity contribution in [3.05, 3.63) is 29.8 Å². The van der Waals surface area contributed by atoms with Crippen molar-refractivity contribution in [3.8, 4) is 0 Å². The van der Waals surface area contributed by atoms with Crippen LogP contribution < -0.4 is 5.30 Å². The average molecular weight is 207 g/mol. The van der Waals surface area contributed by atoms with Gasteiger partial charge in [0.15, 0.2) is 0 Å². The molecule has 0 amide bonds. The van der Waals surface area contributed by atoms with Crippen LogP contribution in [0.3, 0.4) is 0 Å². The van der Waals surface area contributed by atoms with Crippen LogP contribution in [0.5, 0.6) is 0 Å². The normalized spacial score (nSPS) is 19.9. The van der Waals surface area contributed by atoms with E-state index in [1.807, 2.05) is 0 Å². The zero-order chi connectivity index (χ0) is 9.97. The van der Waals surface area contributed by atoms with E-state index in [4.69, 9.17) is 0 Å². The van der Waals surface area contributed by atoms with Gasteiger partial charge in [-0.25, -0.2) is 0 Å². The lowest BCUT2D eigenvalue weighted by molar-refractivity contribution is 0.256. The predicted molar refractivity (Wildman–Crippen MR) is 65.3 cm³/mol. The molecule has 76 valence electrons. The Labute approximate surface area is 88.7 Å². The number of piperidine rings is 1. The van der Waals surface area contributed by atoms with Gasteiger partial charge in [0.1, 0.15) is 0 Å². The zero-order valence-corrected chi connectivity index (χ0v) is 9.89. The fraction of sp³-hybridized carbons (Fsp3) is 0.500. The number of nitrogens with zero attached hydrogens (tertiary/aromatic N) is 1. The van der Waals surface area contributed by atoms with Crippen LogP contribution >= 0.6 is 9.24 Å². The molecule has 0 aliphatic carbocycles. The highest BCUT2D eigenvalue weighted by molar-refractivity contribution is 7.27. The minimum atomic E-state index is 0.778. The lowest BCUT2D eigenvalue weighted by Crippen LogP contribution is -2.30. The highest BCUT2D eigenvalue weighted by atomic mass is 31.0. The number of hydrogen-bond donors (Lipinski definition) is 0. The maximum absolute atomic E-state index is 2.85. The Bertz CT molecular complexity index is 303. The van der Waals surface area contributed by atoms with Crippen LogP contribution in [-0.2, 0) is 0 Å². The van der Waals surface area contributed by atoms with E-state index in [2.05, 4.69) is 45.5 Å². The van der Waals surface area contributed by atoms with Gasteiger partial charge in [-0.1, -0.05) is 24.3 Å². The molecular formula is C12H18NP. The molecule has 2 rings (SSSR count). The third-order valence-electron chi connectivity index (χ3n) is 3.15. The molecule has 1 fully saturated rings. The van der Waals surface area contributed by atoms with Crippen LogP contribution in [0.4, 0.5) is 0 Å². The Hall–Kier alpha value is -0.390. The summed E-state index contributed by atoms with van der Waals surface area (Å²) in [5.41, 5.74) is 1.53. The number of likely N-dealkylation sites (tertiary alicyclic amines) is 1. The van der Waals surface area contributed by atoms with Gasteiger partial charge in [-0.05, 0) is 49.8 Å². The van der Waals surface area contributed by atoms with Crippen molar-refractivity contribution in [2.24, 2.45) is 0 Å². The van der Waals surface area contributed by atoms with Gasteiger partial charge >= 0.3 is 0 Å². The van der Waals surface area contributed by atoms with Crippen LogP contribution in [0.25, 0.3) is 0 Å². The highest BCUT2D eigenvalue weighted by Gasteiger charge is 2.19. The van der Waals surface area contributed by atoms with E-state index >= 15 is 0 Å². The quantitative estimate of drug-likeness (QED) is 0.637. The lowest BCUT2D eigenvalue weighted by Gasteiger charge is -2.29. The molecule has 1 aliphatic heterocycles. The average Bonchev–Trinajstić information content (AvgIpc) is 2.20. The number of rotatable bonds is 1. The van der Waals surface area contributed by atoms with Crippen LogP contribution in [0.1, 0.15) is 24.3 Å². The fourth-order valence-corrected chi connectivity index (χ4v) is 2.65. The van der Waals surface area contributed by atoms with Crippen molar-refractivity contribution >= 4 is 14.5 Å². The van der Waals surface area contributed by atoms with Gasteiger partial charge in [0.25, 0.3) is 0 Å². The molecule has 1 aromatic rings. The monoisotopic (exact) mass is 207 g/mol. The van der Waals surface area contributed by atoms with Gasteiger partial charge in [-0.2, -0.15) is 0 Å². The largest absolute Gasteiger partial charge is 0.306 e. The molecule has 1 aromatic carbocycles. The summed E-state index contributed by atoms with van der Waals surface area (Å²) >= 11 is 0. The third kappa shape index (κ3) is 2.16. The summed E-state index contributed by atoms with van der Waals surface area (Å²) in [4.78, 5) is 2.42. The van der Waals surface area contributed by atoms with Crippen molar-refractivity contribution in [2.75, 3.05) is 20.1 Å². The summed E-state index contributed by atoms with van der Waals surface area (Å²) in [7, 11) is 5.06. The molecule has 14 heavy (non-hydrogen) atoms. The maximum Gasteiger partial charge on any atom is -0.00159 e. The molecule has 1 atom stereocenters. The van der Waals surface area contributed by atoms with Crippen molar-refractivity contribution in [1.29, 1.82) is 0 Å². The Morgan fingerprint density at radius 1 is 1.21 bits per heavy atom. The second-order valence-corrected chi connectivity index (χ2v) is 4.83. The smallest absolute Gasteiger partial charge is 0.00159 e. The first-order chi connectivity index (χ1) is 6.77. The highest BCUT2D eigenvalue weighted by Crippen LogP contribution is 2.26. The lowest BCUT2D eigenvalue weighted by atomic mass is 9.90. The Morgan fingerprint density at radius 2 is 1.86 bits per heavy atom. The van der Waals surface area contributed by atoms with Crippen LogP contribution in [-0.4, -0.2) is 25.0 Å². The Kier molecular flexibility index (Phi) is 3.20. The van der Waals surface area contributed by atoms with Crippen LogP contribution in [0.2, 0.25) is 0 Å². The predicted octanol–water partition coefficient (Wildman–Crippen LogP) is 2.00. The summed E-state index contributed by atoms with van der Waals surface area (Å²) in [6, 6.07) is 8.73. The standard InChI is InChI=1S/C12H18NP/c1-13-8-6-10(7-9-13)11-4-2-3-5-12(11)14/h2-5,10H,6-9,14H2,1H3. The summed E-state index contributed by atoms with van der Waals surface area (Å²) < 4.78 is 0. The fourth-order valence-electron chi connectivity index (χ4n) is 2.20. The molecule has 0 saturated carbocycles. The molecular weight excluding hydrogens is 189 g/mol. The Balaban J connectivity index is 2.12. The van der Waals surface area contributed by atoms with E-state index < -0.39 is 0 Å². The van der Waals surface area contributed by atoms with E-state index in [1.165, 1.54) is 36.8 Å². The number of benzene rings is 1. The molecule has 1 heterocycles. The zero-order valence-electron chi connectivity index (χ0n) is 8.74. The first kappa shape index (κ1) is 10.1. The van der Waals surface area contributed by atoms with Crippen molar-refractivity contribution in [2.45, 2.75) is 18.8 Å². The van der Waals surface area contributed by atoms with Gasteiger partial charge in [-0.15, -0.1) is 9.24 Å². The number of hydrogen-bond acceptors (Lipinski definition) is 1. The third-order valence-corrected chi connectivity index (χ3v) is 3.68. The molecule has 0 bridgehead atoms. The van der Waals surface area contributed by atoms with Gasteiger partial charge in [-0.3, -0.25) is 0 Å². The van der Waals surface area contributed by atoms with Gasteiger partial charge < -0.3 is 4.90 Å². The van der Waals surface area contributed by atoms with Crippen molar-refractivity contribution in [3.63, 3.8) is 0 Å². The van der Waals surface area contributed by atoms with E-state index in [0.29, 0.717) is 0 Å². The van der Waals surface area contributed by atoms with E-state index in [1.54, 1.807) is 0 Å². The topological polar surface area (TPSA) is 3.24 Å². The minimum absolute atomic E-state index is 0.778. The molecule has 0 radical (unpaired) electrons. The van der Waals surface area contributed by atoms with E-state index in [0.717, 1.165) is 5.92 Å². The summed E-state index contributed by atoms with van der Waals surface area (Å²) in [6.45, 7) is 2.48. The molecule has 0 spiro atoms. The second-order valence-electron chi connectivity index (χ2n) is 4.21. The van der Waals surface area contributed by atoms with Gasteiger partial charge in [0.05, 0.1) is 0 Å². The molecule has 1 nitrogen and oxygen atoms in total. The molecule has 1 unspecified atom stereocenters. The molecule has 1 saturated heterocycles. The summed E-state index contributed by atoms with van der Waals surface area (Å²) in [5, 5.41) is 1.38. The van der Waals surface area contributed by atoms with Gasteiger partial charge in [0, 0.05) is 0 Å². The minimum Gasteiger partial charge on any atom is -0.306 e. The molecule has 1 aliphatic rings. The summed E-state index contributed by atoms with van der Waals surface area (Å²) in [5.74, 6) is 0.778. The maximum atomic E-state index is 2.85. The molecule has 0 aromatic heterocycles. The van der Waals surface area contributed by atoms with Crippen LogP contribution in [0.15, 0.2) is 24.3 Å². The van der Waals surface area contributed by atoms with Crippen molar-refractivity contribution in [1.82, 2.24) is 4.90 Å². The van der Waals surface area contributed by atoms with E-state index in [9.17, 15) is 0 Å². The van der Waals surface area contributed by atoms with E-state index in [-0.39, 0.29) is 0 Å². The molecule has 0 N–H and O–H groups in total. The first-order valence-corrected chi connectivity index (χ1v) is 5.88. The van der Waals surface area contributed by atoms with Crippen molar-refractivity contribution < 1.29 is 0 Å². The van der Waals surface area contributed by atoms with Gasteiger partial charge in [0.2, 0.25) is 0 Å². The SMILES string of the molecule is CN1CCC(c2ccccc2P)CC1. The Morgan fingerprint density at radius 3 is 2.50 bits per heavy atom. The summed E-state index contributed by atoms with van der Waals surface area (Å²) in [6.07, 6.45) is 2.61. The first-order valence-electron chi connectivity index (χ1n) is 5.30. The molecule has 2 heteroatoms. The van der Waals surface area contributed by atoms with Crippen LogP contribution in [0, 0.1) is 0 Å².